The first kappa shape index (κ1) is 15.9. The highest BCUT2D eigenvalue weighted by Gasteiger charge is 2.07. The normalized spacial score (nSPS) is 11.1. The Morgan fingerprint density at radius 3 is 2.33 bits per heavy atom. The first-order valence-corrected chi connectivity index (χ1v) is 7.33. The van der Waals surface area contributed by atoms with Gasteiger partial charge in [0.05, 0.1) is 7.11 Å². The Morgan fingerprint density at radius 1 is 0.958 bits per heavy atom. The van der Waals surface area contributed by atoms with Crippen molar-refractivity contribution in [2.75, 3.05) is 7.11 Å². The lowest BCUT2D eigenvalue weighted by molar-refractivity contribution is 0.104. The smallest absolute Gasteiger partial charge is 0.185 e. The molecule has 0 saturated heterocycles. The molecular formula is C20H14F2O2. The number of hydrogen-bond acceptors (Lipinski definition) is 2. The fraction of sp³-hybridized carbons (Fsp3) is 0.0500. The molecule has 0 fully saturated rings. The maximum absolute atomic E-state index is 13.6. The van der Waals surface area contributed by atoms with E-state index in [0.717, 1.165) is 34.7 Å². The van der Waals surface area contributed by atoms with Crippen LogP contribution in [0.2, 0.25) is 0 Å². The second-order valence-electron chi connectivity index (χ2n) is 5.26. The minimum atomic E-state index is -0.704. The first-order valence-electron chi connectivity index (χ1n) is 7.33. The van der Waals surface area contributed by atoms with Crippen LogP contribution in [0.3, 0.4) is 0 Å². The molecule has 0 atom stereocenters. The standard InChI is InChI=1S/C20H14F2O2/c1-24-16-8-7-13-11-15(6-5-14(13)12-16)20(23)10-9-17-18(21)3-2-4-19(17)22/h2-12H,1H3/b10-9+. The summed E-state index contributed by atoms with van der Waals surface area (Å²) < 4.78 is 32.3. The van der Waals surface area contributed by atoms with Crippen LogP contribution in [0.4, 0.5) is 8.78 Å². The van der Waals surface area contributed by atoms with Gasteiger partial charge in [-0.05, 0) is 53.3 Å². The zero-order chi connectivity index (χ0) is 17.1. The lowest BCUT2D eigenvalue weighted by Gasteiger charge is -2.04. The Labute approximate surface area is 138 Å². The number of carbonyl (C=O) groups excluding carboxylic acids is 1. The van der Waals surface area contributed by atoms with E-state index in [4.69, 9.17) is 4.74 Å². The first-order chi connectivity index (χ1) is 11.6. The van der Waals surface area contributed by atoms with Gasteiger partial charge in [-0.1, -0.05) is 24.3 Å². The van der Waals surface area contributed by atoms with Crippen molar-refractivity contribution in [1.29, 1.82) is 0 Å². The predicted molar refractivity (Wildman–Crippen MR) is 90.2 cm³/mol. The Bertz CT molecular complexity index is 925. The van der Waals surface area contributed by atoms with Crippen molar-refractivity contribution < 1.29 is 18.3 Å². The van der Waals surface area contributed by atoms with Gasteiger partial charge in [0.15, 0.2) is 5.78 Å². The molecule has 0 N–H and O–H groups in total. The van der Waals surface area contributed by atoms with Crippen LogP contribution >= 0.6 is 0 Å². The molecule has 0 aromatic heterocycles. The van der Waals surface area contributed by atoms with Gasteiger partial charge < -0.3 is 4.74 Å². The second kappa shape index (κ2) is 6.62. The third-order valence-corrected chi connectivity index (χ3v) is 3.73. The maximum Gasteiger partial charge on any atom is 0.185 e. The topological polar surface area (TPSA) is 26.3 Å². The number of methoxy groups -OCH3 is 1. The largest absolute Gasteiger partial charge is 0.497 e. The number of allylic oxidation sites excluding steroid dienone is 1. The van der Waals surface area contributed by atoms with Gasteiger partial charge in [-0.2, -0.15) is 0 Å². The molecule has 0 radical (unpaired) electrons. The van der Waals surface area contributed by atoms with Gasteiger partial charge in [0, 0.05) is 11.1 Å². The fourth-order valence-corrected chi connectivity index (χ4v) is 2.43. The maximum atomic E-state index is 13.6. The second-order valence-corrected chi connectivity index (χ2v) is 5.26. The van der Waals surface area contributed by atoms with E-state index in [1.54, 1.807) is 25.3 Å². The molecule has 3 rings (SSSR count). The van der Waals surface area contributed by atoms with Gasteiger partial charge in [0.2, 0.25) is 0 Å². The zero-order valence-corrected chi connectivity index (χ0v) is 12.9. The lowest BCUT2D eigenvalue weighted by Crippen LogP contribution is -1.95. The van der Waals surface area contributed by atoms with Crippen molar-refractivity contribution in [3.63, 3.8) is 0 Å². The van der Waals surface area contributed by atoms with Crippen molar-refractivity contribution in [1.82, 2.24) is 0 Å². The molecule has 0 bridgehead atoms. The molecule has 24 heavy (non-hydrogen) atoms. The van der Waals surface area contributed by atoms with Crippen LogP contribution < -0.4 is 4.74 Å². The van der Waals surface area contributed by atoms with Crippen molar-refractivity contribution in [3.8, 4) is 5.75 Å². The van der Waals surface area contributed by atoms with E-state index in [9.17, 15) is 13.6 Å². The number of hydrogen-bond donors (Lipinski definition) is 0. The SMILES string of the molecule is COc1ccc2cc(C(=O)/C=C/c3c(F)cccc3F)ccc2c1. The third-order valence-electron chi connectivity index (χ3n) is 3.73. The summed E-state index contributed by atoms with van der Waals surface area (Å²) in [6.07, 6.45) is 2.33. The highest BCUT2D eigenvalue weighted by Crippen LogP contribution is 2.22. The number of ketones is 1. The van der Waals surface area contributed by atoms with Crippen LogP contribution in [0.1, 0.15) is 15.9 Å². The molecule has 4 heteroatoms. The summed E-state index contributed by atoms with van der Waals surface area (Å²) in [6, 6.07) is 14.3. The summed E-state index contributed by atoms with van der Waals surface area (Å²) in [5, 5.41) is 1.82. The molecule has 0 amide bonds. The van der Waals surface area contributed by atoms with Crippen LogP contribution in [0.25, 0.3) is 16.8 Å². The van der Waals surface area contributed by atoms with Crippen LogP contribution in [-0.2, 0) is 0 Å². The van der Waals surface area contributed by atoms with E-state index < -0.39 is 11.6 Å². The lowest BCUT2D eigenvalue weighted by atomic mass is 10.0. The summed E-state index contributed by atoms with van der Waals surface area (Å²) in [5.74, 6) is -0.999. The Morgan fingerprint density at radius 2 is 1.62 bits per heavy atom. The Hall–Kier alpha value is -3.01. The summed E-state index contributed by atoms with van der Waals surface area (Å²) in [5.41, 5.74) is 0.219. The van der Waals surface area contributed by atoms with E-state index in [2.05, 4.69) is 0 Å². The van der Waals surface area contributed by atoms with Gasteiger partial charge in [0.25, 0.3) is 0 Å². The summed E-state index contributed by atoms with van der Waals surface area (Å²) in [6.45, 7) is 0. The van der Waals surface area contributed by atoms with Crippen molar-refractivity contribution in [2.24, 2.45) is 0 Å². The van der Waals surface area contributed by atoms with E-state index in [0.29, 0.717) is 5.56 Å². The highest BCUT2D eigenvalue weighted by atomic mass is 19.1. The molecule has 3 aromatic rings. The molecule has 0 aliphatic rings. The summed E-state index contributed by atoms with van der Waals surface area (Å²) in [4.78, 5) is 12.3. The van der Waals surface area contributed by atoms with Crippen LogP contribution in [-0.4, -0.2) is 12.9 Å². The number of carbonyl (C=O) groups is 1. The monoisotopic (exact) mass is 324 g/mol. The van der Waals surface area contributed by atoms with Gasteiger partial charge in [-0.3, -0.25) is 4.79 Å². The molecule has 3 aromatic carbocycles. The molecule has 0 heterocycles. The molecule has 0 unspecified atom stereocenters. The quantitative estimate of drug-likeness (QED) is 0.497. The molecule has 0 saturated carbocycles. The van der Waals surface area contributed by atoms with E-state index in [1.165, 1.54) is 12.1 Å². The molecule has 2 nitrogen and oxygen atoms in total. The minimum Gasteiger partial charge on any atom is -0.497 e. The van der Waals surface area contributed by atoms with Crippen LogP contribution in [0, 0.1) is 11.6 Å². The van der Waals surface area contributed by atoms with Crippen molar-refractivity contribution in [3.05, 3.63) is 83.4 Å². The summed E-state index contributed by atoms with van der Waals surface area (Å²) >= 11 is 0. The Balaban J connectivity index is 1.90. The van der Waals surface area contributed by atoms with Gasteiger partial charge in [0.1, 0.15) is 17.4 Å². The summed E-state index contributed by atoms with van der Waals surface area (Å²) in [7, 11) is 1.59. The van der Waals surface area contributed by atoms with Gasteiger partial charge in [-0.15, -0.1) is 0 Å². The number of rotatable bonds is 4. The third kappa shape index (κ3) is 3.18. The average Bonchev–Trinajstić information content (AvgIpc) is 2.60. The van der Waals surface area contributed by atoms with Crippen LogP contribution in [0.5, 0.6) is 5.75 Å². The minimum absolute atomic E-state index is 0.226. The average molecular weight is 324 g/mol. The molecule has 0 aliphatic carbocycles. The van der Waals surface area contributed by atoms with E-state index >= 15 is 0 Å². The molecule has 120 valence electrons. The number of fused-ring (bicyclic) bond motifs is 1. The zero-order valence-electron chi connectivity index (χ0n) is 12.9. The van der Waals surface area contributed by atoms with Gasteiger partial charge in [-0.25, -0.2) is 8.78 Å². The molecule has 0 aliphatic heterocycles. The number of ether oxygens (including phenoxy) is 1. The van der Waals surface area contributed by atoms with Gasteiger partial charge >= 0.3 is 0 Å². The predicted octanol–water partition coefficient (Wildman–Crippen LogP) is 5.02. The molecule has 0 spiro atoms. The van der Waals surface area contributed by atoms with Crippen molar-refractivity contribution in [2.45, 2.75) is 0 Å². The highest BCUT2D eigenvalue weighted by molar-refractivity contribution is 6.08. The fourth-order valence-electron chi connectivity index (χ4n) is 2.43. The Kier molecular flexibility index (Phi) is 4.38. The number of halogens is 2. The van der Waals surface area contributed by atoms with E-state index in [1.807, 2.05) is 18.2 Å². The molecular weight excluding hydrogens is 310 g/mol. The van der Waals surface area contributed by atoms with Crippen LogP contribution in [0.15, 0.2) is 60.7 Å². The van der Waals surface area contributed by atoms with Crippen molar-refractivity contribution >= 4 is 22.6 Å². The number of benzene rings is 3. The van der Waals surface area contributed by atoms with E-state index in [-0.39, 0.29) is 11.3 Å².